The molecule has 0 saturated carbocycles. The zero-order chi connectivity index (χ0) is 13.4. The molecule has 0 atom stereocenters. The molecule has 0 spiro atoms. The number of fused-ring (bicyclic) bond motifs is 2. The van der Waals surface area contributed by atoms with E-state index < -0.39 is 0 Å². The number of carbonyl (C=O) groups is 1. The first-order valence-electron chi connectivity index (χ1n) is 6.69. The number of thiophene rings is 1. The van der Waals surface area contributed by atoms with Crippen LogP contribution in [0.5, 0.6) is 0 Å². The number of anilines is 1. The molecular weight excluding hydrogens is 258 g/mol. The maximum absolute atomic E-state index is 11.9. The van der Waals surface area contributed by atoms with Crippen molar-refractivity contribution in [1.82, 2.24) is 10.3 Å². The van der Waals surface area contributed by atoms with Crippen LogP contribution in [0.15, 0.2) is 6.07 Å². The molecule has 3 N–H and O–H groups in total. The van der Waals surface area contributed by atoms with Crippen LogP contribution in [-0.4, -0.2) is 17.4 Å². The number of nitrogens with one attached hydrogen (secondary N) is 1. The first kappa shape index (κ1) is 12.4. The zero-order valence-electron chi connectivity index (χ0n) is 11.0. The minimum absolute atomic E-state index is 0.0963. The van der Waals surface area contributed by atoms with E-state index in [4.69, 9.17) is 10.7 Å². The smallest absolute Gasteiger partial charge is 0.263 e. The highest BCUT2D eigenvalue weighted by Crippen LogP contribution is 2.35. The van der Waals surface area contributed by atoms with E-state index in [1.807, 2.05) is 6.92 Å². The Morgan fingerprint density at radius 2 is 2.26 bits per heavy atom. The summed E-state index contributed by atoms with van der Waals surface area (Å²) in [4.78, 5) is 18.1. The Balaban J connectivity index is 2.12. The highest BCUT2D eigenvalue weighted by molar-refractivity contribution is 7.21. The van der Waals surface area contributed by atoms with E-state index in [0.29, 0.717) is 17.1 Å². The number of hydrogen-bond acceptors (Lipinski definition) is 4. The van der Waals surface area contributed by atoms with Crippen molar-refractivity contribution in [2.75, 3.05) is 12.3 Å². The second-order valence-electron chi connectivity index (χ2n) is 4.86. The second-order valence-corrected chi connectivity index (χ2v) is 5.86. The van der Waals surface area contributed by atoms with E-state index >= 15 is 0 Å². The lowest BCUT2D eigenvalue weighted by Crippen LogP contribution is -2.22. The van der Waals surface area contributed by atoms with Gasteiger partial charge in [0, 0.05) is 17.6 Å². The second kappa shape index (κ2) is 4.81. The number of nitrogens with zero attached hydrogens (tertiary/aromatic N) is 1. The van der Waals surface area contributed by atoms with Crippen LogP contribution in [0.25, 0.3) is 10.2 Å². The molecule has 4 nitrogen and oxygen atoms in total. The molecule has 1 aliphatic rings. The van der Waals surface area contributed by atoms with Crippen LogP contribution >= 0.6 is 11.3 Å². The van der Waals surface area contributed by atoms with E-state index in [2.05, 4.69) is 11.4 Å². The topological polar surface area (TPSA) is 68.0 Å². The van der Waals surface area contributed by atoms with Crippen molar-refractivity contribution in [3.8, 4) is 0 Å². The fourth-order valence-corrected chi connectivity index (χ4v) is 3.58. The molecule has 19 heavy (non-hydrogen) atoms. The maximum atomic E-state index is 11.9. The Bertz CT molecular complexity index is 648. The highest BCUT2D eigenvalue weighted by atomic mass is 32.1. The molecule has 0 aromatic carbocycles. The monoisotopic (exact) mass is 275 g/mol. The summed E-state index contributed by atoms with van der Waals surface area (Å²) in [5, 5.41) is 3.73. The first-order valence-corrected chi connectivity index (χ1v) is 7.51. The minimum Gasteiger partial charge on any atom is -0.397 e. The van der Waals surface area contributed by atoms with Gasteiger partial charge in [-0.1, -0.05) is 0 Å². The number of nitrogens with two attached hydrogens (primary N) is 1. The number of aryl methyl sites for hydroxylation is 2. The molecule has 0 fully saturated rings. The van der Waals surface area contributed by atoms with Gasteiger partial charge in [-0.15, -0.1) is 11.3 Å². The van der Waals surface area contributed by atoms with E-state index in [-0.39, 0.29) is 5.91 Å². The Morgan fingerprint density at radius 1 is 1.47 bits per heavy atom. The quantitative estimate of drug-likeness (QED) is 0.885. The predicted octanol–water partition coefficient (Wildman–Crippen LogP) is 2.51. The number of nitrogen functional groups attached to an aromatic ring is 1. The van der Waals surface area contributed by atoms with Crippen molar-refractivity contribution < 1.29 is 4.79 Å². The van der Waals surface area contributed by atoms with Crippen LogP contribution in [0.3, 0.4) is 0 Å². The molecule has 2 heterocycles. The molecule has 100 valence electrons. The Labute approximate surface area is 116 Å². The van der Waals surface area contributed by atoms with Crippen molar-refractivity contribution in [2.45, 2.75) is 32.6 Å². The molecule has 2 aromatic rings. The van der Waals surface area contributed by atoms with Gasteiger partial charge in [-0.05, 0) is 44.2 Å². The molecule has 0 aliphatic heterocycles. The molecule has 3 rings (SSSR count). The summed E-state index contributed by atoms with van der Waals surface area (Å²) >= 11 is 1.40. The van der Waals surface area contributed by atoms with Gasteiger partial charge in [0.25, 0.3) is 5.91 Å². The zero-order valence-corrected chi connectivity index (χ0v) is 11.8. The normalized spacial score (nSPS) is 14.4. The van der Waals surface area contributed by atoms with Gasteiger partial charge in [-0.25, -0.2) is 4.98 Å². The van der Waals surface area contributed by atoms with Crippen LogP contribution in [-0.2, 0) is 12.8 Å². The molecule has 5 heteroatoms. The lowest BCUT2D eigenvalue weighted by Gasteiger charge is -2.14. The van der Waals surface area contributed by atoms with Gasteiger partial charge in [-0.3, -0.25) is 4.79 Å². The number of aromatic nitrogens is 1. The summed E-state index contributed by atoms with van der Waals surface area (Å²) in [5.41, 5.74) is 9.17. The summed E-state index contributed by atoms with van der Waals surface area (Å²) in [5.74, 6) is -0.0963. The fraction of sp³-hybridized carbons (Fsp3) is 0.429. The standard InChI is InChI=1S/C14H17N3OS/c1-2-16-13(18)12-11(15)9-7-8-5-3-4-6-10(8)17-14(9)19-12/h7H,2-6,15H2,1H3,(H,16,18). The Hall–Kier alpha value is -1.62. The minimum atomic E-state index is -0.0963. The van der Waals surface area contributed by atoms with Gasteiger partial charge >= 0.3 is 0 Å². The molecule has 1 aliphatic carbocycles. The molecule has 2 aromatic heterocycles. The number of rotatable bonds is 2. The van der Waals surface area contributed by atoms with Crippen LogP contribution in [0.2, 0.25) is 0 Å². The third-order valence-corrected chi connectivity index (χ3v) is 4.66. The number of hydrogen-bond donors (Lipinski definition) is 2. The summed E-state index contributed by atoms with van der Waals surface area (Å²) < 4.78 is 0. The van der Waals surface area contributed by atoms with E-state index in [1.165, 1.54) is 35.4 Å². The third-order valence-electron chi connectivity index (χ3n) is 3.54. The van der Waals surface area contributed by atoms with Crippen LogP contribution in [0.4, 0.5) is 5.69 Å². The first-order chi connectivity index (χ1) is 9.20. The van der Waals surface area contributed by atoms with Crippen LogP contribution in [0, 0.1) is 0 Å². The average molecular weight is 275 g/mol. The predicted molar refractivity (Wildman–Crippen MR) is 78.7 cm³/mol. The fourth-order valence-electron chi connectivity index (χ4n) is 2.57. The van der Waals surface area contributed by atoms with E-state index in [9.17, 15) is 4.79 Å². The lowest BCUT2D eigenvalue weighted by molar-refractivity contribution is 0.0960. The lowest BCUT2D eigenvalue weighted by atomic mass is 9.95. The van der Waals surface area contributed by atoms with Gasteiger partial charge in [0.15, 0.2) is 0 Å². The third kappa shape index (κ3) is 2.08. The van der Waals surface area contributed by atoms with Crippen molar-refractivity contribution in [3.63, 3.8) is 0 Å². The summed E-state index contributed by atoms with van der Waals surface area (Å²) in [7, 11) is 0. The summed E-state index contributed by atoms with van der Waals surface area (Å²) in [6.07, 6.45) is 4.53. The highest BCUT2D eigenvalue weighted by Gasteiger charge is 2.19. The maximum Gasteiger partial charge on any atom is 0.263 e. The Kier molecular flexibility index (Phi) is 3.14. The molecule has 0 bridgehead atoms. The summed E-state index contributed by atoms with van der Waals surface area (Å²) in [6.45, 7) is 2.51. The van der Waals surface area contributed by atoms with Crippen LogP contribution in [0.1, 0.15) is 40.7 Å². The van der Waals surface area contributed by atoms with Gasteiger partial charge < -0.3 is 11.1 Å². The van der Waals surface area contributed by atoms with Crippen LogP contribution < -0.4 is 11.1 Å². The van der Waals surface area contributed by atoms with E-state index in [1.54, 1.807) is 0 Å². The van der Waals surface area contributed by atoms with Crippen molar-refractivity contribution >= 4 is 33.1 Å². The van der Waals surface area contributed by atoms with Gasteiger partial charge in [0.2, 0.25) is 0 Å². The average Bonchev–Trinajstić information content (AvgIpc) is 2.74. The van der Waals surface area contributed by atoms with E-state index in [0.717, 1.165) is 23.1 Å². The van der Waals surface area contributed by atoms with Crippen molar-refractivity contribution in [1.29, 1.82) is 0 Å². The summed E-state index contributed by atoms with van der Waals surface area (Å²) in [6, 6.07) is 2.13. The molecule has 1 amide bonds. The molecule has 0 saturated heterocycles. The molecule has 0 radical (unpaired) electrons. The van der Waals surface area contributed by atoms with Crippen molar-refractivity contribution in [3.05, 3.63) is 22.2 Å². The molecule has 0 unspecified atom stereocenters. The Morgan fingerprint density at radius 3 is 3.05 bits per heavy atom. The SMILES string of the molecule is CCNC(=O)c1sc2nc3c(cc2c1N)CCCC3. The van der Waals surface area contributed by atoms with Gasteiger partial charge in [-0.2, -0.15) is 0 Å². The van der Waals surface area contributed by atoms with Gasteiger partial charge in [0.05, 0.1) is 5.69 Å². The molecular formula is C14H17N3OS. The van der Waals surface area contributed by atoms with Crippen molar-refractivity contribution in [2.24, 2.45) is 0 Å². The number of carbonyl (C=O) groups excluding carboxylic acids is 1. The number of amides is 1. The number of pyridine rings is 1. The largest absolute Gasteiger partial charge is 0.397 e. The van der Waals surface area contributed by atoms with Gasteiger partial charge in [0.1, 0.15) is 9.71 Å².